The molecule has 1 atom stereocenters. The summed E-state index contributed by atoms with van der Waals surface area (Å²) in [5, 5.41) is 5.39. The van der Waals surface area contributed by atoms with Crippen molar-refractivity contribution in [2.45, 2.75) is 13.0 Å². The largest absolute Gasteiger partial charge is 0.493 e. The lowest BCUT2D eigenvalue weighted by Gasteiger charge is -2.18. The van der Waals surface area contributed by atoms with Gasteiger partial charge < -0.3 is 30.6 Å². The zero-order chi connectivity index (χ0) is 20.0. The summed E-state index contributed by atoms with van der Waals surface area (Å²) in [7, 11) is 4.45. The van der Waals surface area contributed by atoms with Gasteiger partial charge in [0.25, 0.3) is 5.91 Å². The minimum Gasteiger partial charge on any atom is -0.493 e. The number of carbonyl (C=O) groups is 2. The number of methoxy groups -OCH3 is 3. The van der Waals surface area contributed by atoms with Crippen molar-refractivity contribution in [1.82, 2.24) is 5.32 Å². The van der Waals surface area contributed by atoms with Crippen molar-refractivity contribution in [2.24, 2.45) is 5.73 Å². The highest BCUT2D eigenvalue weighted by Crippen LogP contribution is 2.39. The Bertz CT molecular complexity index is 821. The molecule has 0 saturated carbocycles. The molecule has 1 unspecified atom stereocenters. The average Bonchev–Trinajstić information content (AvgIpc) is 2.66. The SMILES string of the molecule is COc1ccc(C(=O)NC(C)c2ccc(NC(N)=O)cc2)c(OC)c1OC. The normalized spacial score (nSPS) is 11.3. The number of hydrogen-bond donors (Lipinski definition) is 3. The van der Waals surface area contributed by atoms with E-state index in [4.69, 9.17) is 19.9 Å². The van der Waals surface area contributed by atoms with E-state index in [2.05, 4.69) is 10.6 Å². The first-order chi connectivity index (χ1) is 12.9. The molecular formula is C19H23N3O5. The van der Waals surface area contributed by atoms with Crippen molar-refractivity contribution in [3.8, 4) is 17.2 Å². The number of primary amides is 1. The van der Waals surface area contributed by atoms with Crippen molar-refractivity contribution in [1.29, 1.82) is 0 Å². The quantitative estimate of drug-likeness (QED) is 0.691. The van der Waals surface area contributed by atoms with Gasteiger partial charge >= 0.3 is 6.03 Å². The highest BCUT2D eigenvalue weighted by atomic mass is 16.5. The van der Waals surface area contributed by atoms with Crippen LogP contribution in [0.25, 0.3) is 0 Å². The maximum atomic E-state index is 12.7. The minimum absolute atomic E-state index is 0.280. The number of anilines is 1. The van der Waals surface area contributed by atoms with Crippen molar-refractivity contribution >= 4 is 17.6 Å². The standard InChI is InChI=1S/C19H23N3O5/c1-11(12-5-7-13(8-6-12)22-19(20)24)21-18(23)14-9-10-15(25-2)17(27-4)16(14)26-3/h5-11H,1-4H3,(H,21,23)(H3,20,22,24). The third-order valence-electron chi connectivity index (χ3n) is 3.97. The van der Waals surface area contributed by atoms with Gasteiger partial charge in [0, 0.05) is 5.69 Å². The number of ether oxygens (including phenoxy) is 3. The van der Waals surface area contributed by atoms with Gasteiger partial charge in [-0.05, 0) is 36.8 Å². The molecule has 0 spiro atoms. The van der Waals surface area contributed by atoms with E-state index in [1.165, 1.54) is 21.3 Å². The van der Waals surface area contributed by atoms with Crippen LogP contribution in [0.1, 0.15) is 28.9 Å². The van der Waals surface area contributed by atoms with E-state index in [9.17, 15) is 9.59 Å². The van der Waals surface area contributed by atoms with Crippen LogP contribution in [0.15, 0.2) is 36.4 Å². The summed E-state index contributed by atoms with van der Waals surface area (Å²) >= 11 is 0. The second-order valence-corrected chi connectivity index (χ2v) is 5.69. The summed E-state index contributed by atoms with van der Waals surface area (Å²) in [5.41, 5.74) is 6.85. The van der Waals surface area contributed by atoms with E-state index in [0.717, 1.165) is 5.56 Å². The Morgan fingerprint density at radius 3 is 2.07 bits per heavy atom. The van der Waals surface area contributed by atoms with Crippen LogP contribution in [-0.4, -0.2) is 33.3 Å². The lowest BCUT2D eigenvalue weighted by molar-refractivity contribution is 0.0936. The van der Waals surface area contributed by atoms with E-state index in [1.54, 1.807) is 36.4 Å². The fourth-order valence-electron chi connectivity index (χ4n) is 2.64. The zero-order valence-electron chi connectivity index (χ0n) is 15.7. The van der Waals surface area contributed by atoms with Crippen LogP contribution in [-0.2, 0) is 0 Å². The molecule has 0 fully saturated rings. The van der Waals surface area contributed by atoms with E-state index in [1.807, 2.05) is 6.92 Å². The second kappa shape index (κ2) is 8.79. The molecule has 0 aliphatic heterocycles. The van der Waals surface area contributed by atoms with Gasteiger partial charge in [0.1, 0.15) is 0 Å². The van der Waals surface area contributed by atoms with Crippen LogP contribution in [0.3, 0.4) is 0 Å². The number of hydrogen-bond acceptors (Lipinski definition) is 5. The molecule has 8 heteroatoms. The first kappa shape index (κ1) is 19.9. The van der Waals surface area contributed by atoms with Gasteiger partial charge in [-0.1, -0.05) is 12.1 Å². The maximum absolute atomic E-state index is 12.7. The lowest BCUT2D eigenvalue weighted by Crippen LogP contribution is -2.27. The van der Waals surface area contributed by atoms with E-state index in [0.29, 0.717) is 28.5 Å². The van der Waals surface area contributed by atoms with Gasteiger partial charge in [-0.2, -0.15) is 0 Å². The molecule has 3 amide bonds. The van der Waals surface area contributed by atoms with Crippen LogP contribution < -0.4 is 30.6 Å². The van der Waals surface area contributed by atoms with Gasteiger partial charge in [-0.25, -0.2) is 4.79 Å². The number of carbonyl (C=O) groups excluding carboxylic acids is 2. The number of urea groups is 1. The molecule has 144 valence electrons. The molecule has 8 nitrogen and oxygen atoms in total. The molecule has 0 bridgehead atoms. The average molecular weight is 373 g/mol. The van der Waals surface area contributed by atoms with Gasteiger partial charge in [-0.15, -0.1) is 0 Å². The summed E-state index contributed by atoms with van der Waals surface area (Å²) in [4.78, 5) is 23.6. The van der Waals surface area contributed by atoms with E-state index < -0.39 is 6.03 Å². The van der Waals surface area contributed by atoms with E-state index in [-0.39, 0.29) is 11.9 Å². The number of rotatable bonds is 7. The fraction of sp³-hybridized carbons (Fsp3) is 0.263. The molecule has 0 heterocycles. The Hall–Kier alpha value is -3.42. The highest BCUT2D eigenvalue weighted by molar-refractivity contribution is 5.98. The third kappa shape index (κ3) is 4.60. The third-order valence-corrected chi connectivity index (χ3v) is 3.97. The maximum Gasteiger partial charge on any atom is 0.316 e. The Balaban J connectivity index is 2.20. The van der Waals surface area contributed by atoms with Crippen molar-refractivity contribution < 1.29 is 23.8 Å². The number of nitrogens with one attached hydrogen (secondary N) is 2. The van der Waals surface area contributed by atoms with Crippen LogP contribution in [0.4, 0.5) is 10.5 Å². The molecule has 2 aromatic carbocycles. The molecule has 2 rings (SSSR count). The smallest absolute Gasteiger partial charge is 0.316 e. The molecule has 0 aliphatic carbocycles. The minimum atomic E-state index is -0.635. The monoisotopic (exact) mass is 373 g/mol. The Morgan fingerprint density at radius 2 is 1.56 bits per heavy atom. The van der Waals surface area contributed by atoms with Gasteiger partial charge in [0.15, 0.2) is 11.5 Å². The summed E-state index contributed by atoms with van der Waals surface area (Å²) in [6.45, 7) is 1.85. The number of nitrogens with two attached hydrogens (primary N) is 1. The summed E-state index contributed by atoms with van der Waals surface area (Å²) in [6.07, 6.45) is 0. The van der Waals surface area contributed by atoms with Crippen LogP contribution in [0.5, 0.6) is 17.2 Å². The van der Waals surface area contributed by atoms with Crippen LogP contribution >= 0.6 is 0 Å². The molecule has 0 aliphatic rings. The topological polar surface area (TPSA) is 112 Å². The van der Waals surface area contributed by atoms with Crippen LogP contribution in [0.2, 0.25) is 0 Å². The Labute approximate surface area is 157 Å². The van der Waals surface area contributed by atoms with Gasteiger partial charge in [0.2, 0.25) is 5.75 Å². The summed E-state index contributed by atoms with van der Waals surface area (Å²) < 4.78 is 15.9. The first-order valence-electron chi connectivity index (χ1n) is 8.17. The highest BCUT2D eigenvalue weighted by Gasteiger charge is 2.22. The van der Waals surface area contributed by atoms with Crippen molar-refractivity contribution in [3.63, 3.8) is 0 Å². The molecule has 4 N–H and O–H groups in total. The predicted molar refractivity (Wildman–Crippen MR) is 102 cm³/mol. The molecule has 0 aromatic heterocycles. The molecule has 0 radical (unpaired) electrons. The molecule has 27 heavy (non-hydrogen) atoms. The molecule has 0 saturated heterocycles. The summed E-state index contributed by atoms with van der Waals surface area (Å²) in [5.74, 6) is 0.792. The molecular weight excluding hydrogens is 350 g/mol. The van der Waals surface area contributed by atoms with Crippen molar-refractivity contribution in [3.05, 3.63) is 47.5 Å². The Morgan fingerprint density at radius 1 is 0.926 bits per heavy atom. The molecule has 2 aromatic rings. The first-order valence-corrected chi connectivity index (χ1v) is 8.17. The number of amides is 3. The summed E-state index contributed by atoms with van der Waals surface area (Å²) in [6, 6.07) is 9.35. The number of benzene rings is 2. The van der Waals surface area contributed by atoms with Gasteiger partial charge in [0.05, 0.1) is 32.9 Å². The fourth-order valence-corrected chi connectivity index (χ4v) is 2.64. The van der Waals surface area contributed by atoms with Gasteiger partial charge in [-0.3, -0.25) is 4.79 Å². The second-order valence-electron chi connectivity index (χ2n) is 5.69. The zero-order valence-corrected chi connectivity index (χ0v) is 15.7. The Kier molecular flexibility index (Phi) is 6.48. The van der Waals surface area contributed by atoms with Crippen LogP contribution in [0, 0.1) is 0 Å². The van der Waals surface area contributed by atoms with Crippen molar-refractivity contribution in [2.75, 3.05) is 26.6 Å². The predicted octanol–water partition coefficient (Wildman–Crippen LogP) is 2.69. The van der Waals surface area contributed by atoms with E-state index >= 15 is 0 Å². The lowest BCUT2D eigenvalue weighted by atomic mass is 10.1.